The van der Waals surface area contributed by atoms with Crippen molar-refractivity contribution in [1.29, 1.82) is 0 Å². The maximum absolute atomic E-state index is 12.4. The van der Waals surface area contributed by atoms with Crippen molar-refractivity contribution in [3.05, 3.63) is 54.1 Å². The number of carbonyl (C=O) groups excluding carboxylic acids is 1. The molecule has 0 aromatic heterocycles. The second kappa shape index (κ2) is 9.28. The summed E-state index contributed by atoms with van der Waals surface area (Å²) in [7, 11) is -3.67. The Bertz CT molecular complexity index is 956. The summed E-state index contributed by atoms with van der Waals surface area (Å²) >= 11 is 1.90. The summed E-state index contributed by atoms with van der Waals surface area (Å²) in [6, 6.07) is 13.5. The van der Waals surface area contributed by atoms with Crippen molar-refractivity contribution in [2.24, 2.45) is 0 Å². The van der Waals surface area contributed by atoms with E-state index in [1.54, 1.807) is 0 Å². The first-order valence-corrected chi connectivity index (χ1v) is 11.5. The predicted molar refractivity (Wildman–Crippen MR) is 113 cm³/mol. The molecule has 0 heterocycles. The van der Waals surface area contributed by atoms with Gasteiger partial charge in [-0.2, -0.15) is 4.72 Å². The van der Waals surface area contributed by atoms with Gasteiger partial charge in [0.1, 0.15) is 0 Å². The summed E-state index contributed by atoms with van der Waals surface area (Å²) in [5.74, 6) is 1.92. The molecule has 0 spiro atoms. The third-order valence-electron chi connectivity index (χ3n) is 4.51. The maximum Gasteiger partial charge on any atom is 0.255 e. The van der Waals surface area contributed by atoms with Gasteiger partial charge in [-0.1, -0.05) is 18.8 Å². The summed E-state index contributed by atoms with van der Waals surface area (Å²) < 4.78 is 26.3. The standard InChI is InChI=1S/C21H22N2O3S2/c1-2-15-22-28(25,26)20-13-7-16(8-14-20)21(24)23-17-9-11-19(12-10-17)27-18-5-3-4-6-18/h1,7-14,18,22H,3-6,15H2,(H,23,24). The molecular formula is C21H22N2O3S2. The normalized spacial score (nSPS) is 14.5. The van der Waals surface area contributed by atoms with Crippen LogP contribution in [-0.2, 0) is 10.0 Å². The Labute approximate surface area is 170 Å². The van der Waals surface area contributed by atoms with E-state index < -0.39 is 10.0 Å². The number of anilines is 1. The van der Waals surface area contributed by atoms with Crippen molar-refractivity contribution in [1.82, 2.24) is 4.72 Å². The molecule has 7 heteroatoms. The van der Waals surface area contributed by atoms with E-state index in [1.807, 2.05) is 36.0 Å². The molecule has 3 rings (SSSR count). The molecule has 1 saturated carbocycles. The number of amides is 1. The number of rotatable bonds is 7. The number of nitrogens with one attached hydrogen (secondary N) is 2. The highest BCUT2D eigenvalue weighted by molar-refractivity contribution is 8.00. The summed E-state index contributed by atoms with van der Waals surface area (Å²) in [6.45, 7) is -0.0837. The zero-order valence-corrected chi connectivity index (χ0v) is 17.0. The molecule has 1 fully saturated rings. The van der Waals surface area contributed by atoms with E-state index >= 15 is 0 Å². The molecule has 2 aromatic carbocycles. The smallest absolute Gasteiger partial charge is 0.255 e. The molecule has 2 aromatic rings. The topological polar surface area (TPSA) is 75.3 Å². The average Bonchev–Trinajstić information content (AvgIpc) is 3.21. The van der Waals surface area contributed by atoms with Crippen molar-refractivity contribution in [2.75, 3.05) is 11.9 Å². The minimum atomic E-state index is -3.67. The summed E-state index contributed by atoms with van der Waals surface area (Å²) in [5, 5.41) is 3.53. The van der Waals surface area contributed by atoms with Crippen LogP contribution >= 0.6 is 11.8 Å². The van der Waals surface area contributed by atoms with Crippen LogP contribution in [0.25, 0.3) is 0 Å². The monoisotopic (exact) mass is 414 g/mol. The van der Waals surface area contributed by atoms with Crippen LogP contribution in [0.3, 0.4) is 0 Å². The fraction of sp³-hybridized carbons (Fsp3) is 0.286. The second-order valence-corrected chi connectivity index (χ2v) is 9.70. The molecule has 0 bridgehead atoms. The molecule has 1 aliphatic carbocycles. The quantitative estimate of drug-likeness (QED) is 0.674. The highest BCUT2D eigenvalue weighted by atomic mass is 32.2. The summed E-state index contributed by atoms with van der Waals surface area (Å²) in [6.07, 6.45) is 10.2. The van der Waals surface area contributed by atoms with Crippen LogP contribution in [0, 0.1) is 12.3 Å². The third kappa shape index (κ3) is 5.38. The van der Waals surface area contributed by atoms with Crippen LogP contribution in [0.1, 0.15) is 36.0 Å². The number of carbonyl (C=O) groups is 1. The highest BCUT2D eigenvalue weighted by Crippen LogP contribution is 2.35. The minimum Gasteiger partial charge on any atom is -0.322 e. The molecule has 2 N–H and O–H groups in total. The molecule has 28 heavy (non-hydrogen) atoms. The van der Waals surface area contributed by atoms with E-state index in [9.17, 15) is 13.2 Å². The van der Waals surface area contributed by atoms with Crippen LogP contribution in [0.15, 0.2) is 58.3 Å². The molecule has 0 aliphatic heterocycles. The zero-order valence-electron chi connectivity index (χ0n) is 15.4. The molecule has 0 radical (unpaired) electrons. The lowest BCUT2D eigenvalue weighted by molar-refractivity contribution is 0.102. The Balaban J connectivity index is 1.60. The lowest BCUT2D eigenvalue weighted by Crippen LogP contribution is -2.24. The van der Waals surface area contributed by atoms with Gasteiger partial charge in [0.25, 0.3) is 5.91 Å². The Morgan fingerprint density at radius 2 is 1.71 bits per heavy atom. The Morgan fingerprint density at radius 3 is 2.32 bits per heavy atom. The van der Waals surface area contributed by atoms with Gasteiger partial charge in [0.15, 0.2) is 0 Å². The maximum atomic E-state index is 12.4. The average molecular weight is 415 g/mol. The third-order valence-corrected chi connectivity index (χ3v) is 7.27. The second-order valence-electron chi connectivity index (χ2n) is 6.56. The van der Waals surface area contributed by atoms with Crippen molar-refractivity contribution in [3.63, 3.8) is 0 Å². The fourth-order valence-electron chi connectivity index (χ4n) is 3.02. The molecule has 0 unspecified atom stereocenters. The van der Waals surface area contributed by atoms with Crippen molar-refractivity contribution in [2.45, 2.75) is 40.7 Å². The van der Waals surface area contributed by atoms with Crippen LogP contribution in [-0.4, -0.2) is 26.1 Å². The first-order valence-electron chi connectivity index (χ1n) is 9.09. The lowest BCUT2D eigenvalue weighted by Gasteiger charge is -2.10. The molecule has 1 aliphatic rings. The largest absolute Gasteiger partial charge is 0.322 e. The van der Waals surface area contributed by atoms with Crippen molar-refractivity contribution < 1.29 is 13.2 Å². The molecule has 1 amide bonds. The number of benzene rings is 2. The van der Waals surface area contributed by atoms with Crippen LogP contribution in [0.5, 0.6) is 0 Å². The number of hydrogen-bond acceptors (Lipinski definition) is 4. The van der Waals surface area contributed by atoms with Gasteiger partial charge in [0.2, 0.25) is 10.0 Å². The van der Waals surface area contributed by atoms with Crippen LogP contribution in [0.2, 0.25) is 0 Å². The van der Waals surface area contributed by atoms with Gasteiger partial charge in [-0.3, -0.25) is 4.79 Å². The first kappa shape index (κ1) is 20.5. The highest BCUT2D eigenvalue weighted by Gasteiger charge is 2.16. The number of thioether (sulfide) groups is 1. The molecule has 146 valence electrons. The molecule has 0 atom stereocenters. The van der Waals surface area contributed by atoms with E-state index in [0.29, 0.717) is 16.5 Å². The number of terminal acetylenes is 1. The van der Waals surface area contributed by atoms with Crippen LogP contribution in [0.4, 0.5) is 5.69 Å². The van der Waals surface area contributed by atoms with Gasteiger partial charge < -0.3 is 5.32 Å². The Morgan fingerprint density at radius 1 is 1.07 bits per heavy atom. The number of sulfonamides is 1. The van der Waals surface area contributed by atoms with Gasteiger partial charge in [0.05, 0.1) is 11.4 Å². The first-order chi connectivity index (χ1) is 13.5. The Kier molecular flexibility index (Phi) is 6.79. The van der Waals surface area contributed by atoms with Crippen LogP contribution < -0.4 is 10.0 Å². The van der Waals surface area contributed by atoms with Crippen molar-refractivity contribution in [3.8, 4) is 12.3 Å². The minimum absolute atomic E-state index is 0.0626. The van der Waals surface area contributed by atoms with E-state index in [-0.39, 0.29) is 17.3 Å². The van der Waals surface area contributed by atoms with Gasteiger partial charge in [-0.15, -0.1) is 18.2 Å². The molecule has 5 nitrogen and oxygen atoms in total. The van der Waals surface area contributed by atoms with Gasteiger partial charge in [-0.25, -0.2) is 8.42 Å². The summed E-state index contributed by atoms with van der Waals surface area (Å²) in [4.78, 5) is 13.7. The van der Waals surface area contributed by atoms with Crippen molar-refractivity contribution >= 4 is 33.4 Å². The van der Waals surface area contributed by atoms with Gasteiger partial charge in [0, 0.05) is 21.4 Å². The SMILES string of the molecule is C#CCNS(=O)(=O)c1ccc(C(=O)Nc2ccc(SC3CCCC3)cc2)cc1. The summed E-state index contributed by atoms with van der Waals surface area (Å²) in [5.41, 5.74) is 1.08. The van der Waals surface area contributed by atoms with E-state index in [0.717, 1.165) is 0 Å². The lowest BCUT2D eigenvalue weighted by atomic mass is 10.2. The zero-order chi connectivity index (χ0) is 20.0. The van der Waals surface area contributed by atoms with Gasteiger partial charge in [-0.05, 0) is 61.4 Å². The fourth-order valence-corrected chi connectivity index (χ4v) is 5.21. The van der Waals surface area contributed by atoms with E-state index in [1.165, 1.54) is 54.8 Å². The van der Waals surface area contributed by atoms with Gasteiger partial charge >= 0.3 is 0 Å². The molecule has 0 saturated heterocycles. The molecular weight excluding hydrogens is 392 g/mol. The van der Waals surface area contributed by atoms with E-state index in [4.69, 9.17) is 6.42 Å². The Hall–Kier alpha value is -2.27. The predicted octanol–water partition coefficient (Wildman–Crippen LogP) is 3.89. The van der Waals surface area contributed by atoms with E-state index in [2.05, 4.69) is 16.0 Å². The number of hydrogen-bond donors (Lipinski definition) is 2.